The predicted molar refractivity (Wildman–Crippen MR) is 128 cm³/mol. The van der Waals surface area contributed by atoms with Crippen LogP contribution >= 0.6 is 0 Å². The number of unbranched alkanes of at least 4 members (excludes halogenated alkanes) is 2. The van der Waals surface area contributed by atoms with Gasteiger partial charge in [-0.25, -0.2) is 14.7 Å². The fraction of sp³-hybridized carbons (Fsp3) is 0.696. The van der Waals surface area contributed by atoms with Crippen molar-refractivity contribution in [1.29, 1.82) is 0 Å². The van der Waals surface area contributed by atoms with Crippen LogP contribution in [0.4, 0.5) is 16.6 Å². The third-order valence-electron chi connectivity index (χ3n) is 4.58. The van der Waals surface area contributed by atoms with Crippen LogP contribution in [0.1, 0.15) is 67.7 Å². The summed E-state index contributed by atoms with van der Waals surface area (Å²) in [7, 11) is 0. The second-order valence-corrected chi connectivity index (χ2v) is 9.34. The Morgan fingerprint density at radius 1 is 1.18 bits per heavy atom. The molecule has 10 heteroatoms. The van der Waals surface area contributed by atoms with Gasteiger partial charge in [0.2, 0.25) is 5.95 Å². The largest absolute Gasteiger partial charge is 0.465 e. The van der Waals surface area contributed by atoms with E-state index in [1.807, 2.05) is 20.8 Å². The van der Waals surface area contributed by atoms with Gasteiger partial charge in [0.05, 0.1) is 12.9 Å². The van der Waals surface area contributed by atoms with Gasteiger partial charge in [-0.15, -0.1) is 0 Å². The molecule has 0 spiro atoms. The molecule has 0 fully saturated rings. The molecule has 0 atom stereocenters. The van der Waals surface area contributed by atoms with Crippen molar-refractivity contribution in [2.45, 2.75) is 79.9 Å². The number of amides is 1. The second-order valence-electron chi connectivity index (χ2n) is 9.34. The van der Waals surface area contributed by atoms with Crippen LogP contribution in [0.5, 0.6) is 0 Å². The lowest BCUT2D eigenvalue weighted by molar-refractivity contribution is -0.143. The first kappa shape index (κ1) is 26.3. The molecule has 0 aliphatic rings. The molecule has 2 heterocycles. The topological polar surface area (TPSA) is 111 Å². The summed E-state index contributed by atoms with van der Waals surface area (Å²) in [6, 6.07) is 0. The van der Waals surface area contributed by atoms with E-state index in [4.69, 9.17) is 9.47 Å². The summed E-state index contributed by atoms with van der Waals surface area (Å²) < 4.78 is 12.3. The molecular weight excluding hydrogens is 424 g/mol. The number of ether oxygens (including phenoxy) is 2. The van der Waals surface area contributed by atoms with Gasteiger partial charge < -0.3 is 19.4 Å². The summed E-state index contributed by atoms with van der Waals surface area (Å²) in [4.78, 5) is 40.3. The Morgan fingerprint density at radius 2 is 1.91 bits per heavy atom. The zero-order chi connectivity index (χ0) is 24.6. The average molecular weight is 463 g/mol. The highest BCUT2D eigenvalue weighted by Gasteiger charge is 2.27. The quantitative estimate of drug-likeness (QED) is 0.387. The van der Waals surface area contributed by atoms with E-state index in [2.05, 4.69) is 41.0 Å². The lowest BCUT2D eigenvalue weighted by atomic mass is 10.2. The van der Waals surface area contributed by atoms with Crippen molar-refractivity contribution in [3.05, 3.63) is 6.33 Å². The predicted octanol–water partition coefficient (Wildman–Crippen LogP) is 4.39. The van der Waals surface area contributed by atoms with E-state index >= 15 is 0 Å². The van der Waals surface area contributed by atoms with Gasteiger partial charge in [0.25, 0.3) is 0 Å². The van der Waals surface area contributed by atoms with Gasteiger partial charge >= 0.3 is 12.1 Å². The van der Waals surface area contributed by atoms with E-state index in [1.165, 1.54) is 11.2 Å². The van der Waals surface area contributed by atoms with Gasteiger partial charge in [-0.1, -0.05) is 33.6 Å². The minimum absolute atomic E-state index is 0.0350. The van der Waals surface area contributed by atoms with Crippen LogP contribution < -0.4 is 10.2 Å². The standard InChI is InChI=1S/C23H38N6O4/c1-8-10-11-12-29(22(31)33-23(5,6)7)21-26-19(24-13-16(3)4)18-20(27-21)28(15-25-18)14-17(30)32-9-2/h15-16H,8-14H2,1-7H3,(H,24,26,27). The highest BCUT2D eigenvalue weighted by Crippen LogP contribution is 2.25. The van der Waals surface area contributed by atoms with Crippen molar-refractivity contribution in [2.75, 3.05) is 29.9 Å². The molecule has 0 radical (unpaired) electrons. The van der Waals surface area contributed by atoms with E-state index in [0.717, 1.165) is 19.3 Å². The number of nitrogens with one attached hydrogen (secondary N) is 1. The molecule has 0 bridgehead atoms. The second kappa shape index (κ2) is 11.8. The first-order chi connectivity index (χ1) is 15.6. The van der Waals surface area contributed by atoms with Crippen molar-refractivity contribution < 1.29 is 19.1 Å². The molecule has 0 aliphatic heterocycles. The number of anilines is 2. The highest BCUT2D eigenvalue weighted by molar-refractivity contribution is 5.90. The zero-order valence-corrected chi connectivity index (χ0v) is 21.0. The Kier molecular flexibility index (Phi) is 9.43. The number of hydrogen-bond acceptors (Lipinski definition) is 8. The normalized spacial score (nSPS) is 11.6. The van der Waals surface area contributed by atoms with Crippen LogP contribution in [0.3, 0.4) is 0 Å². The molecule has 1 amide bonds. The average Bonchev–Trinajstić information content (AvgIpc) is 3.10. The van der Waals surface area contributed by atoms with Crippen LogP contribution in [0, 0.1) is 5.92 Å². The van der Waals surface area contributed by atoms with Crippen LogP contribution in [0.2, 0.25) is 0 Å². The molecule has 184 valence electrons. The molecule has 2 aromatic rings. The van der Waals surface area contributed by atoms with E-state index in [-0.39, 0.29) is 25.1 Å². The summed E-state index contributed by atoms with van der Waals surface area (Å²) >= 11 is 0. The zero-order valence-electron chi connectivity index (χ0n) is 21.0. The SMILES string of the molecule is CCCCCN(C(=O)OC(C)(C)C)c1nc(NCC(C)C)c2ncn(CC(=O)OCC)c2n1. The monoisotopic (exact) mass is 462 g/mol. The lowest BCUT2D eigenvalue weighted by Crippen LogP contribution is -2.38. The van der Waals surface area contributed by atoms with Crippen molar-refractivity contribution in [3.8, 4) is 0 Å². The molecule has 0 aromatic carbocycles. The third-order valence-corrected chi connectivity index (χ3v) is 4.58. The Labute approximate surface area is 196 Å². The maximum atomic E-state index is 13.1. The number of aromatic nitrogens is 4. The molecular formula is C23H38N6O4. The molecule has 0 unspecified atom stereocenters. The summed E-state index contributed by atoms with van der Waals surface area (Å²) in [5.41, 5.74) is 0.318. The van der Waals surface area contributed by atoms with E-state index in [1.54, 1.807) is 11.5 Å². The van der Waals surface area contributed by atoms with Gasteiger partial charge in [-0.3, -0.25) is 4.79 Å². The Bertz CT molecular complexity index is 935. The van der Waals surface area contributed by atoms with Gasteiger partial charge in [0.15, 0.2) is 17.0 Å². The number of fused-ring (bicyclic) bond motifs is 1. The number of carbonyl (C=O) groups excluding carboxylic acids is 2. The van der Waals surface area contributed by atoms with Gasteiger partial charge in [-0.05, 0) is 40.0 Å². The van der Waals surface area contributed by atoms with Crippen molar-refractivity contribution in [2.24, 2.45) is 5.92 Å². The summed E-state index contributed by atoms with van der Waals surface area (Å²) in [6.45, 7) is 14.8. The number of rotatable bonds is 11. The van der Waals surface area contributed by atoms with Gasteiger partial charge in [0, 0.05) is 13.1 Å². The van der Waals surface area contributed by atoms with E-state index in [0.29, 0.717) is 36.0 Å². The fourth-order valence-corrected chi connectivity index (χ4v) is 3.05. The number of nitrogens with zero attached hydrogens (tertiary/aromatic N) is 5. The molecule has 0 saturated heterocycles. The minimum atomic E-state index is -0.658. The van der Waals surface area contributed by atoms with Gasteiger partial charge in [-0.2, -0.15) is 9.97 Å². The highest BCUT2D eigenvalue weighted by atomic mass is 16.6. The molecule has 0 saturated carbocycles. The van der Waals surface area contributed by atoms with Crippen LogP contribution in [-0.2, 0) is 20.8 Å². The molecule has 10 nitrogen and oxygen atoms in total. The summed E-state index contributed by atoms with van der Waals surface area (Å²) in [6.07, 6.45) is 3.78. The van der Waals surface area contributed by atoms with Crippen LogP contribution in [0.15, 0.2) is 6.33 Å². The Morgan fingerprint density at radius 3 is 2.52 bits per heavy atom. The molecule has 33 heavy (non-hydrogen) atoms. The maximum absolute atomic E-state index is 13.1. The fourth-order valence-electron chi connectivity index (χ4n) is 3.05. The lowest BCUT2D eigenvalue weighted by Gasteiger charge is -2.26. The van der Waals surface area contributed by atoms with Crippen LogP contribution in [-0.4, -0.2) is 56.9 Å². The maximum Gasteiger partial charge on any atom is 0.417 e. The van der Waals surface area contributed by atoms with E-state index < -0.39 is 11.7 Å². The third kappa shape index (κ3) is 7.87. The van der Waals surface area contributed by atoms with Gasteiger partial charge in [0.1, 0.15) is 12.1 Å². The Balaban J connectivity index is 2.54. The van der Waals surface area contributed by atoms with Crippen molar-refractivity contribution >= 4 is 35.0 Å². The smallest absolute Gasteiger partial charge is 0.417 e. The number of carbonyl (C=O) groups is 2. The molecule has 1 N–H and O–H groups in total. The Hall–Kier alpha value is -2.91. The molecule has 2 aromatic heterocycles. The number of imidazole rings is 1. The first-order valence-corrected chi connectivity index (χ1v) is 11.7. The number of hydrogen-bond donors (Lipinski definition) is 1. The minimum Gasteiger partial charge on any atom is -0.465 e. The first-order valence-electron chi connectivity index (χ1n) is 11.7. The van der Waals surface area contributed by atoms with E-state index in [9.17, 15) is 9.59 Å². The summed E-state index contributed by atoms with van der Waals surface area (Å²) in [5.74, 6) is 0.701. The van der Waals surface area contributed by atoms with Crippen molar-refractivity contribution in [3.63, 3.8) is 0 Å². The number of esters is 1. The van der Waals surface area contributed by atoms with Crippen LogP contribution in [0.25, 0.3) is 11.2 Å². The summed E-state index contributed by atoms with van der Waals surface area (Å²) in [5, 5.41) is 3.31. The van der Waals surface area contributed by atoms with Crippen molar-refractivity contribution in [1.82, 2.24) is 19.5 Å². The molecule has 0 aliphatic carbocycles. The molecule has 2 rings (SSSR count).